The number of hydrogen-bond donors (Lipinski definition) is 1. The number of aromatic nitrogens is 2. The lowest BCUT2D eigenvalue weighted by Crippen LogP contribution is -2.36. The Balaban J connectivity index is 1.44. The number of carbonyl (C=O) groups is 1. The molecule has 1 saturated heterocycles. The summed E-state index contributed by atoms with van der Waals surface area (Å²) in [5.74, 6) is 0.194. The number of aryl methyl sites for hydroxylation is 1. The van der Waals surface area contributed by atoms with E-state index in [1.54, 1.807) is 12.1 Å². The highest BCUT2D eigenvalue weighted by molar-refractivity contribution is 7.99. The lowest BCUT2D eigenvalue weighted by Gasteiger charge is -2.28. The number of rotatable bonds is 6. The van der Waals surface area contributed by atoms with Crippen LogP contribution >= 0.6 is 11.8 Å². The van der Waals surface area contributed by atoms with E-state index in [-0.39, 0.29) is 5.97 Å². The van der Waals surface area contributed by atoms with Crippen molar-refractivity contribution in [2.75, 3.05) is 43.6 Å². The Hall–Kier alpha value is -3.10. The highest BCUT2D eigenvalue weighted by atomic mass is 32.2. The molecule has 1 aromatic heterocycles. The smallest absolute Gasteiger partial charge is 0.337 e. The molecule has 3 aromatic rings. The number of anilines is 3. The van der Waals surface area contributed by atoms with Gasteiger partial charge in [0.05, 0.1) is 25.9 Å². The van der Waals surface area contributed by atoms with Gasteiger partial charge in [0.2, 0.25) is 5.95 Å². The van der Waals surface area contributed by atoms with E-state index in [9.17, 15) is 4.79 Å². The van der Waals surface area contributed by atoms with Crippen LogP contribution in [0.15, 0.2) is 64.6 Å². The zero-order valence-corrected chi connectivity index (χ0v) is 18.3. The van der Waals surface area contributed by atoms with Crippen LogP contribution in [-0.2, 0) is 9.47 Å². The molecular formula is C23H24N4O3S. The van der Waals surface area contributed by atoms with Crippen LogP contribution in [0.1, 0.15) is 15.9 Å². The number of methoxy groups -OCH3 is 1. The first-order valence-corrected chi connectivity index (χ1v) is 10.8. The summed E-state index contributed by atoms with van der Waals surface area (Å²) >= 11 is 1.53. The Bertz CT molecular complexity index is 1040. The van der Waals surface area contributed by atoms with Gasteiger partial charge in [-0.25, -0.2) is 14.8 Å². The highest BCUT2D eigenvalue weighted by Gasteiger charge is 2.12. The second-order valence-electron chi connectivity index (χ2n) is 7.07. The molecule has 1 N–H and O–H groups in total. The van der Waals surface area contributed by atoms with Gasteiger partial charge < -0.3 is 19.7 Å². The summed E-state index contributed by atoms with van der Waals surface area (Å²) in [5, 5.41) is 4.13. The van der Waals surface area contributed by atoms with Gasteiger partial charge in [-0.2, -0.15) is 0 Å². The van der Waals surface area contributed by atoms with Crippen molar-refractivity contribution in [1.29, 1.82) is 0 Å². The Morgan fingerprint density at radius 1 is 1.10 bits per heavy atom. The van der Waals surface area contributed by atoms with Crippen molar-refractivity contribution in [3.05, 3.63) is 65.9 Å². The van der Waals surface area contributed by atoms with Crippen LogP contribution in [0.4, 0.5) is 17.3 Å². The Morgan fingerprint density at radius 2 is 1.81 bits per heavy atom. The lowest BCUT2D eigenvalue weighted by atomic mass is 10.2. The third-order valence-corrected chi connectivity index (χ3v) is 6.03. The molecule has 0 spiro atoms. The largest absolute Gasteiger partial charge is 0.465 e. The first kappa shape index (κ1) is 21.1. The fourth-order valence-electron chi connectivity index (χ4n) is 3.18. The van der Waals surface area contributed by atoms with Crippen LogP contribution in [0.2, 0.25) is 0 Å². The molecular weight excluding hydrogens is 412 g/mol. The van der Waals surface area contributed by atoms with E-state index in [1.807, 2.05) is 37.4 Å². The standard InChI is InChI=1S/C23H24N4O3S/c1-16-15-24-23(25-18-5-7-19(8-6-18)27-11-13-30-14-12-27)26-21(16)31-20-9-3-17(4-10-20)22(28)29-2/h3-10,15H,11-14H2,1-2H3,(H,24,25,26). The Kier molecular flexibility index (Phi) is 6.69. The third-order valence-electron chi connectivity index (χ3n) is 4.91. The summed E-state index contributed by atoms with van der Waals surface area (Å²) in [6.07, 6.45) is 1.81. The Morgan fingerprint density at radius 3 is 2.48 bits per heavy atom. The summed E-state index contributed by atoms with van der Waals surface area (Å²) < 4.78 is 10.2. The minimum Gasteiger partial charge on any atom is -0.465 e. The Labute approximate surface area is 185 Å². The second-order valence-corrected chi connectivity index (χ2v) is 8.13. The molecule has 8 heteroatoms. The van der Waals surface area contributed by atoms with E-state index in [2.05, 4.69) is 32.3 Å². The molecule has 0 atom stereocenters. The highest BCUT2D eigenvalue weighted by Crippen LogP contribution is 2.30. The molecule has 7 nitrogen and oxygen atoms in total. The van der Waals surface area contributed by atoms with Crippen LogP contribution in [0.5, 0.6) is 0 Å². The molecule has 1 fully saturated rings. The number of nitrogens with one attached hydrogen (secondary N) is 1. The van der Waals surface area contributed by atoms with Crippen molar-refractivity contribution in [2.24, 2.45) is 0 Å². The topological polar surface area (TPSA) is 76.6 Å². The predicted molar refractivity (Wildman–Crippen MR) is 121 cm³/mol. The van der Waals surface area contributed by atoms with Crippen molar-refractivity contribution >= 4 is 35.1 Å². The number of esters is 1. The molecule has 31 heavy (non-hydrogen) atoms. The summed E-state index contributed by atoms with van der Waals surface area (Å²) in [5.41, 5.74) is 3.62. The van der Waals surface area contributed by atoms with Gasteiger partial charge >= 0.3 is 5.97 Å². The molecule has 4 rings (SSSR count). The molecule has 2 aromatic carbocycles. The SMILES string of the molecule is COC(=O)c1ccc(Sc2nc(Nc3ccc(N4CCOCC4)cc3)ncc2C)cc1. The normalized spacial score (nSPS) is 13.7. The molecule has 0 bridgehead atoms. The number of hydrogen-bond acceptors (Lipinski definition) is 8. The molecule has 0 unspecified atom stereocenters. The van der Waals surface area contributed by atoms with Crippen LogP contribution in [0.3, 0.4) is 0 Å². The minimum absolute atomic E-state index is 0.346. The maximum atomic E-state index is 11.6. The van der Waals surface area contributed by atoms with Gasteiger partial charge in [0, 0.05) is 41.1 Å². The van der Waals surface area contributed by atoms with Crippen LogP contribution in [-0.4, -0.2) is 49.4 Å². The monoisotopic (exact) mass is 436 g/mol. The first-order chi connectivity index (χ1) is 15.1. The van der Waals surface area contributed by atoms with Crippen molar-refractivity contribution < 1.29 is 14.3 Å². The average Bonchev–Trinajstić information content (AvgIpc) is 2.82. The van der Waals surface area contributed by atoms with Gasteiger partial charge in [-0.1, -0.05) is 11.8 Å². The van der Waals surface area contributed by atoms with Gasteiger partial charge in [-0.05, 0) is 55.5 Å². The van der Waals surface area contributed by atoms with Crippen LogP contribution in [0.25, 0.3) is 0 Å². The number of carbonyl (C=O) groups excluding carboxylic acids is 1. The molecule has 0 radical (unpaired) electrons. The zero-order chi connectivity index (χ0) is 21.6. The number of nitrogens with zero attached hydrogens (tertiary/aromatic N) is 3. The number of benzene rings is 2. The van der Waals surface area contributed by atoms with Gasteiger partial charge in [0.1, 0.15) is 5.03 Å². The second kappa shape index (κ2) is 9.80. The van der Waals surface area contributed by atoms with Gasteiger partial charge in [0.25, 0.3) is 0 Å². The molecule has 0 amide bonds. The third kappa shape index (κ3) is 5.34. The maximum Gasteiger partial charge on any atom is 0.337 e. The molecule has 0 aliphatic carbocycles. The minimum atomic E-state index is -0.346. The first-order valence-electron chi connectivity index (χ1n) is 10.0. The van der Waals surface area contributed by atoms with E-state index in [4.69, 9.17) is 9.47 Å². The van der Waals surface area contributed by atoms with Gasteiger partial charge in [0.15, 0.2) is 0 Å². The van der Waals surface area contributed by atoms with E-state index < -0.39 is 0 Å². The number of ether oxygens (including phenoxy) is 2. The van der Waals surface area contributed by atoms with Crippen molar-refractivity contribution in [3.63, 3.8) is 0 Å². The fourth-order valence-corrected chi connectivity index (χ4v) is 4.03. The maximum absolute atomic E-state index is 11.6. The van der Waals surface area contributed by atoms with E-state index >= 15 is 0 Å². The van der Waals surface area contributed by atoms with E-state index in [0.29, 0.717) is 11.5 Å². The van der Waals surface area contributed by atoms with E-state index in [1.165, 1.54) is 24.6 Å². The van der Waals surface area contributed by atoms with Crippen LogP contribution in [0, 0.1) is 6.92 Å². The summed E-state index contributed by atoms with van der Waals surface area (Å²) in [6.45, 7) is 5.34. The van der Waals surface area contributed by atoms with Gasteiger partial charge in [-0.3, -0.25) is 0 Å². The van der Waals surface area contributed by atoms with Crippen LogP contribution < -0.4 is 10.2 Å². The molecule has 2 heterocycles. The fraction of sp³-hybridized carbons (Fsp3) is 0.261. The van der Waals surface area contributed by atoms with Crippen molar-refractivity contribution in [3.8, 4) is 0 Å². The quantitative estimate of drug-likeness (QED) is 0.453. The van der Waals surface area contributed by atoms with Crippen molar-refractivity contribution in [2.45, 2.75) is 16.8 Å². The predicted octanol–water partition coefficient (Wildman–Crippen LogP) is 4.30. The zero-order valence-electron chi connectivity index (χ0n) is 17.5. The summed E-state index contributed by atoms with van der Waals surface area (Å²) in [6, 6.07) is 15.5. The summed E-state index contributed by atoms with van der Waals surface area (Å²) in [4.78, 5) is 24.0. The molecule has 1 aliphatic rings. The van der Waals surface area contributed by atoms with E-state index in [0.717, 1.165) is 47.5 Å². The average molecular weight is 437 g/mol. The molecule has 160 valence electrons. The lowest BCUT2D eigenvalue weighted by molar-refractivity contribution is 0.0600. The summed E-state index contributed by atoms with van der Waals surface area (Å²) in [7, 11) is 1.37. The van der Waals surface area contributed by atoms with Gasteiger partial charge in [-0.15, -0.1) is 0 Å². The molecule has 0 saturated carbocycles. The molecule has 1 aliphatic heterocycles. The number of morpholine rings is 1. The van der Waals surface area contributed by atoms with Crippen molar-refractivity contribution in [1.82, 2.24) is 9.97 Å².